The number of guanidine groups is 1. The molecule has 2 aromatic rings. The third-order valence-electron chi connectivity index (χ3n) is 5.01. The van der Waals surface area contributed by atoms with Crippen molar-refractivity contribution in [3.63, 3.8) is 0 Å². The Morgan fingerprint density at radius 2 is 2.00 bits per heavy atom. The zero-order valence-corrected chi connectivity index (χ0v) is 21.1. The minimum atomic E-state index is -0.198. The van der Waals surface area contributed by atoms with Gasteiger partial charge in [-0.25, -0.2) is 9.38 Å². The highest BCUT2D eigenvalue weighted by atomic mass is 127. The highest BCUT2D eigenvalue weighted by Crippen LogP contribution is 2.26. The van der Waals surface area contributed by atoms with E-state index in [-0.39, 0.29) is 35.2 Å². The molecule has 1 aliphatic heterocycles. The molecule has 0 aliphatic carbocycles. The average molecular weight is 546 g/mol. The highest BCUT2D eigenvalue weighted by molar-refractivity contribution is 14.0. The Kier molecular flexibility index (Phi) is 9.83. The fourth-order valence-corrected chi connectivity index (χ4v) is 4.13. The van der Waals surface area contributed by atoms with Gasteiger partial charge in [-0.3, -0.25) is 0 Å². The van der Waals surface area contributed by atoms with E-state index in [2.05, 4.69) is 47.0 Å². The summed E-state index contributed by atoms with van der Waals surface area (Å²) in [6.07, 6.45) is 0. The van der Waals surface area contributed by atoms with Crippen molar-refractivity contribution in [2.24, 2.45) is 4.99 Å². The molecule has 5 nitrogen and oxygen atoms in total. The molecule has 1 saturated heterocycles. The second-order valence-corrected chi connectivity index (χ2v) is 8.74. The van der Waals surface area contributed by atoms with Gasteiger partial charge in [0.05, 0.1) is 25.4 Å². The number of benzene rings is 1. The summed E-state index contributed by atoms with van der Waals surface area (Å²) in [4.78, 5) is 8.02. The van der Waals surface area contributed by atoms with Crippen molar-refractivity contribution in [2.45, 2.75) is 32.7 Å². The fraction of sp³-hybridized carbons (Fsp3) is 0.500. The zero-order chi connectivity index (χ0) is 20.7. The first kappa shape index (κ1) is 24.9. The standard InChI is InChI=1S/C22H31FN4OS.HI/c1-4-24-21(26-16-22(2,3)20-6-5-13-29-20)25-15-17-7-8-19(18(23)14-17)27-9-11-28-12-10-27;/h5-8,13-14H,4,9-12,15-16H2,1-3H3,(H2,24,25,26);1H. The number of hydrogen-bond acceptors (Lipinski definition) is 4. The van der Waals surface area contributed by atoms with Crippen molar-refractivity contribution in [3.8, 4) is 0 Å². The van der Waals surface area contributed by atoms with Crippen LogP contribution in [0.2, 0.25) is 0 Å². The van der Waals surface area contributed by atoms with E-state index in [9.17, 15) is 4.39 Å². The summed E-state index contributed by atoms with van der Waals surface area (Å²) in [5.74, 6) is 0.547. The van der Waals surface area contributed by atoms with E-state index in [1.54, 1.807) is 17.4 Å². The van der Waals surface area contributed by atoms with Crippen LogP contribution in [0.25, 0.3) is 0 Å². The van der Waals surface area contributed by atoms with Crippen LogP contribution in [0.3, 0.4) is 0 Å². The van der Waals surface area contributed by atoms with E-state index in [4.69, 9.17) is 4.74 Å². The molecule has 2 heterocycles. The number of halogens is 2. The number of aliphatic imine (C=N–C) groups is 1. The van der Waals surface area contributed by atoms with E-state index >= 15 is 0 Å². The van der Waals surface area contributed by atoms with Gasteiger partial charge in [0.25, 0.3) is 0 Å². The predicted octanol–water partition coefficient (Wildman–Crippen LogP) is 4.37. The normalized spacial score (nSPS) is 14.9. The Bertz CT molecular complexity index is 807. The molecule has 0 unspecified atom stereocenters. The first-order valence-corrected chi connectivity index (χ1v) is 11.0. The van der Waals surface area contributed by atoms with Crippen molar-refractivity contribution in [1.29, 1.82) is 0 Å². The first-order valence-electron chi connectivity index (χ1n) is 10.2. The van der Waals surface area contributed by atoms with Gasteiger partial charge in [0.1, 0.15) is 5.82 Å². The third-order valence-corrected chi connectivity index (χ3v) is 6.25. The fourth-order valence-electron chi connectivity index (χ4n) is 3.28. The molecule has 0 amide bonds. The van der Waals surface area contributed by atoms with Gasteiger partial charge in [-0.2, -0.15) is 0 Å². The van der Waals surface area contributed by atoms with Gasteiger partial charge in [0.15, 0.2) is 5.96 Å². The van der Waals surface area contributed by atoms with Gasteiger partial charge in [0, 0.05) is 36.5 Å². The second kappa shape index (κ2) is 11.9. The lowest BCUT2D eigenvalue weighted by Crippen LogP contribution is -2.43. The number of nitrogens with zero attached hydrogens (tertiary/aromatic N) is 2. The van der Waals surface area contributed by atoms with E-state index in [1.165, 1.54) is 4.88 Å². The smallest absolute Gasteiger partial charge is 0.191 e. The molecule has 0 bridgehead atoms. The maximum Gasteiger partial charge on any atom is 0.191 e. The van der Waals surface area contributed by atoms with Crippen LogP contribution in [-0.4, -0.2) is 45.4 Å². The molecular weight excluding hydrogens is 514 g/mol. The minimum Gasteiger partial charge on any atom is -0.378 e. The largest absolute Gasteiger partial charge is 0.378 e. The molecule has 166 valence electrons. The molecule has 0 radical (unpaired) electrons. The van der Waals surface area contributed by atoms with Crippen LogP contribution < -0.4 is 15.5 Å². The number of rotatable bonds is 7. The van der Waals surface area contributed by atoms with Crippen LogP contribution in [0.1, 0.15) is 31.2 Å². The Morgan fingerprint density at radius 3 is 2.63 bits per heavy atom. The monoisotopic (exact) mass is 546 g/mol. The summed E-state index contributed by atoms with van der Waals surface area (Å²) in [6, 6.07) is 9.64. The Labute approximate surface area is 200 Å². The molecule has 3 rings (SSSR count). The van der Waals surface area contributed by atoms with E-state index in [0.29, 0.717) is 25.4 Å². The van der Waals surface area contributed by atoms with Crippen LogP contribution in [0.15, 0.2) is 40.7 Å². The van der Waals surface area contributed by atoms with E-state index in [1.807, 2.05) is 24.0 Å². The summed E-state index contributed by atoms with van der Waals surface area (Å²) in [7, 11) is 0. The lowest BCUT2D eigenvalue weighted by atomic mass is 9.91. The number of ether oxygens (including phenoxy) is 1. The molecule has 0 atom stereocenters. The summed E-state index contributed by atoms with van der Waals surface area (Å²) in [6.45, 7) is 11.2. The molecule has 8 heteroatoms. The molecule has 1 fully saturated rings. The van der Waals surface area contributed by atoms with Gasteiger partial charge in [0.2, 0.25) is 0 Å². The van der Waals surface area contributed by atoms with Crippen LogP contribution in [0.5, 0.6) is 0 Å². The van der Waals surface area contributed by atoms with Gasteiger partial charge in [-0.15, -0.1) is 35.3 Å². The molecule has 1 aromatic carbocycles. The number of anilines is 1. The van der Waals surface area contributed by atoms with Crippen molar-refractivity contribution in [2.75, 3.05) is 44.3 Å². The molecule has 1 aliphatic rings. The number of thiophene rings is 1. The Morgan fingerprint density at radius 1 is 1.23 bits per heavy atom. The van der Waals surface area contributed by atoms with Crippen molar-refractivity contribution < 1.29 is 9.13 Å². The summed E-state index contributed by atoms with van der Waals surface area (Å²) in [5, 5.41) is 8.80. The van der Waals surface area contributed by atoms with Crippen LogP contribution in [-0.2, 0) is 16.7 Å². The van der Waals surface area contributed by atoms with Crippen LogP contribution in [0, 0.1) is 5.82 Å². The van der Waals surface area contributed by atoms with Crippen molar-refractivity contribution in [1.82, 2.24) is 10.6 Å². The summed E-state index contributed by atoms with van der Waals surface area (Å²) < 4.78 is 20.0. The maximum absolute atomic E-state index is 14.6. The lowest BCUT2D eigenvalue weighted by molar-refractivity contribution is 0.122. The van der Waals surface area contributed by atoms with E-state index < -0.39 is 0 Å². The number of hydrogen-bond donors (Lipinski definition) is 2. The zero-order valence-electron chi connectivity index (χ0n) is 17.9. The predicted molar refractivity (Wildman–Crippen MR) is 135 cm³/mol. The highest BCUT2D eigenvalue weighted by Gasteiger charge is 2.22. The average Bonchev–Trinajstić information content (AvgIpc) is 3.27. The topological polar surface area (TPSA) is 48.9 Å². The van der Waals surface area contributed by atoms with Gasteiger partial charge < -0.3 is 20.3 Å². The molecule has 2 N–H and O–H groups in total. The number of morpholine rings is 1. The van der Waals surface area contributed by atoms with Gasteiger partial charge in [-0.1, -0.05) is 26.0 Å². The third kappa shape index (κ3) is 6.81. The second-order valence-electron chi connectivity index (χ2n) is 7.80. The van der Waals surface area contributed by atoms with E-state index in [0.717, 1.165) is 37.7 Å². The van der Waals surface area contributed by atoms with Gasteiger partial charge >= 0.3 is 0 Å². The Balaban J connectivity index is 0.00000320. The SMILES string of the molecule is CCNC(=NCc1ccc(N2CCOCC2)c(F)c1)NCC(C)(C)c1cccs1.I. The summed E-state index contributed by atoms with van der Waals surface area (Å²) in [5.41, 5.74) is 1.51. The maximum atomic E-state index is 14.6. The molecule has 1 aromatic heterocycles. The van der Waals surface area contributed by atoms with Gasteiger partial charge in [-0.05, 0) is 36.1 Å². The molecule has 0 spiro atoms. The quantitative estimate of drug-likeness (QED) is 0.308. The van der Waals surface area contributed by atoms with Crippen LogP contribution >= 0.6 is 35.3 Å². The Hall–Kier alpha value is -1.39. The minimum absolute atomic E-state index is 0. The molecule has 0 saturated carbocycles. The van der Waals surface area contributed by atoms with Crippen molar-refractivity contribution in [3.05, 3.63) is 52.0 Å². The first-order chi connectivity index (χ1) is 14.0. The lowest BCUT2D eigenvalue weighted by Gasteiger charge is -2.29. The molecular formula is C22H32FIN4OS. The molecule has 30 heavy (non-hydrogen) atoms. The number of nitrogens with one attached hydrogen (secondary N) is 2. The van der Waals surface area contributed by atoms with Crippen molar-refractivity contribution >= 4 is 47.0 Å². The van der Waals surface area contributed by atoms with Crippen LogP contribution in [0.4, 0.5) is 10.1 Å². The summed E-state index contributed by atoms with van der Waals surface area (Å²) >= 11 is 1.77.